The second-order valence-corrected chi connectivity index (χ2v) is 4.51. The number of nitrogens with one attached hydrogen (secondary N) is 1. The molecule has 2 heteroatoms. The van der Waals surface area contributed by atoms with Gasteiger partial charge in [-0.05, 0) is 51.4 Å². The highest BCUT2D eigenvalue weighted by atomic mass is 16.3. The molecule has 0 aromatic heterocycles. The molecule has 1 unspecified atom stereocenters. The molecule has 0 aliphatic heterocycles. The van der Waals surface area contributed by atoms with Gasteiger partial charge in [-0.3, -0.25) is 0 Å². The molecule has 2 N–H and O–H groups in total. The SMILES string of the molecule is CNC(C)(CO)c1c(C)cc(C)cc1C. The molecule has 84 valence electrons. The number of aliphatic hydroxyl groups excluding tert-OH is 1. The Labute approximate surface area is 92.3 Å². The smallest absolute Gasteiger partial charge is 0.0652 e. The zero-order chi connectivity index (χ0) is 11.6. The third-order valence-electron chi connectivity index (χ3n) is 3.10. The maximum atomic E-state index is 9.49. The largest absolute Gasteiger partial charge is 0.394 e. The van der Waals surface area contributed by atoms with Crippen LogP contribution in [0.3, 0.4) is 0 Å². The third-order valence-corrected chi connectivity index (χ3v) is 3.10. The Morgan fingerprint density at radius 3 is 2.00 bits per heavy atom. The molecular formula is C13H21NO. The van der Waals surface area contributed by atoms with Crippen LogP contribution in [0.2, 0.25) is 0 Å². The van der Waals surface area contributed by atoms with Gasteiger partial charge in [-0.15, -0.1) is 0 Å². The van der Waals surface area contributed by atoms with E-state index in [0.717, 1.165) is 0 Å². The zero-order valence-electron chi connectivity index (χ0n) is 10.3. The van der Waals surface area contributed by atoms with Crippen LogP contribution < -0.4 is 5.32 Å². The Morgan fingerprint density at radius 2 is 1.67 bits per heavy atom. The van der Waals surface area contributed by atoms with Crippen molar-refractivity contribution in [3.05, 3.63) is 34.4 Å². The van der Waals surface area contributed by atoms with Crippen molar-refractivity contribution in [1.82, 2.24) is 5.32 Å². The van der Waals surface area contributed by atoms with Crippen LogP contribution in [0.1, 0.15) is 29.2 Å². The van der Waals surface area contributed by atoms with Crippen LogP contribution in [0.4, 0.5) is 0 Å². The molecular weight excluding hydrogens is 186 g/mol. The van der Waals surface area contributed by atoms with Gasteiger partial charge in [0.1, 0.15) is 0 Å². The summed E-state index contributed by atoms with van der Waals surface area (Å²) in [4.78, 5) is 0. The molecule has 0 aliphatic carbocycles. The predicted octanol–water partition coefficient (Wildman–Crippen LogP) is 2.04. The fourth-order valence-corrected chi connectivity index (χ4v) is 2.33. The zero-order valence-corrected chi connectivity index (χ0v) is 10.3. The van der Waals surface area contributed by atoms with Gasteiger partial charge in [-0.25, -0.2) is 0 Å². The van der Waals surface area contributed by atoms with Crippen molar-refractivity contribution in [2.45, 2.75) is 33.2 Å². The summed E-state index contributed by atoms with van der Waals surface area (Å²) in [5.41, 5.74) is 4.60. The lowest BCUT2D eigenvalue weighted by molar-refractivity contribution is 0.182. The van der Waals surface area contributed by atoms with Crippen LogP contribution >= 0.6 is 0 Å². The molecule has 15 heavy (non-hydrogen) atoms. The highest BCUT2D eigenvalue weighted by Crippen LogP contribution is 2.27. The van der Waals surface area contributed by atoms with Gasteiger partial charge in [-0.2, -0.15) is 0 Å². The molecule has 0 saturated carbocycles. The summed E-state index contributed by atoms with van der Waals surface area (Å²) in [5.74, 6) is 0. The third kappa shape index (κ3) is 2.21. The van der Waals surface area contributed by atoms with E-state index in [9.17, 15) is 5.11 Å². The van der Waals surface area contributed by atoms with E-state index in [4.69, 9.17) is 0 Å². The van der Waals surface area contributed by atoms with Gasteiger partial charge in [0.25, 0.3) is 0 Å². The van der Waals surface area contributed by atoms with Crippen molar-refractivity contribution in [3.63, 3.8) is 0 Å². The molecule has 0 bridgehead atoms. The minimum absolute atomic E-state index is 0.105. The summed E-state index contributed by atoms with van der Waals surface area (Å²) in [6.45, 7) is 8.42. The maximum absolute atomic E-state index is 9.49. The topological polar surface area (TPSA) is 32.3 Å². The first kappa shape index (κ1) is 12.2. The molecule has 1 rings (SSSR count). The fourth-order valence-electron chi connectivity index (χ4n) is 2.33. The van der Waals surface area contributed by atoms with Crippen LogP contribution in [0.5, 0.6) is 0 Å². The lowest BCUT2D eigenvalue weighted by Gasteiger charge is -2.31. The molecule has 0 aliphatic rings. The molecule has 0 saturated heterocycles. The van der Waals surface area contributed by atoms with Crippen molar-refractivity contribution >= 4 is 0 Å². The maximum Gasteiger partial charge on any atom is 0.0652 e. The first-order valence-electron chi connectivity index (χ1n) is 5.32. The van der Waals surface area contributed by atoms with E-state index in [-0.39, 0.29) is 12.1 Å². The monoisotopic (exact) mass is 207 g/mol. The minimum atomic E-state index is -0.345. The Morgan fingerprint density at radius 1 is 1.20 bits per heavy atom. The van der Waals surface area contributed by atoms with Crippen molar-refractivity contribution < 1.29 is 5.11 Å². The molecule has 0 amide bonds. The molecule has 1 aromatic carbocycles. The van der Waals surface area contributed by atoms with Gasteiger partial charge in [0, 0.05) is 0 Å². The summed E-state index contributed by atoms with van der Waals surface area (Å²) in [7, 11) is 1.88. The second-order valence-electron chi connectivity index (χ2n) is 4.51. The highest BCUT2D eigenvalue weighted by Gasteiger charge is 2.26. The number of rotatable bonds is 3. The summed E-state index contributed by atoms with van der Waals surface area (Å²) < 4.78 is 0. The first-order valence-corrected chi connectivity index (χ1v) is 5.32. The van der Waals surface area contributed by atoms with Crippen molar-refractivity contribution in [2.75, 3.05) is 13.7 Å². The molecule has 0 fully saturated rings. The second kappa shape index (κ2) is 4.33. The van der Waals surface area contributed by atoms with Gasteiger partial charge >= 0.3 is 0 Å². The van der Waals surface area contributed by atoms with E-state index in [1.54, 1.807) is 0 Å². The number of likely N-dealkylation sites (N-methyl/N-ethyl adjacent to an activating group) is 1. The number of hydrogen-bond donors (Lipinski definition) is 2. The molecule has 1 aromatic rings. The van der Waals surface area contributed by atoms with Gasteiger partial charge in [0.05, 0.1) is 12.1 Å². The average Bonchev–Trinajstić information content (AvgIpc) is 2.15. The van der Waals surface area contributed by atoms with Crippen LogP contribution in [-0.2, 0) is 5.54 Å². The van der Waals surface area contributed by atoms with Crippen LogP contribution in [-0.4, -0.2) is 18.8 Å². The Bertz CT molecular complexity index is 331. The van der Waals surface area contributed by atoms with Crippen LogP contribution in [0.25, 0.3) is 0 Å². The van der Waals surface area contributed by atoms with E-state index >= 15 is 0 Å². The summed E-state index contributed by atoms with van der Waals surface area (Å²) >= 11 is 0. The lowest BCUT2D eigenvalue weighted by atomic mass is 9.85. The number of aliphatic hydroxyl groups is 1. The Balaban J connectivity index is 3.36. The summed E-state index contributed by atoms with van der Waals surface area (Å²) in [5, 5.41) is 12.7. The van der Waals surface area contributed by atoms with Gasteiger partial charge in [-0.1, -0.05) is 17.7 Å². The van der Waals surface area contributed by atoms with Crippen LogP contribution in [0, 0.1) is 20.8 Å². The minimum Gasteiger partial charge on any atom is -0.394 e. The van der Waals surface area contributed by atoms with E-state index in [0.29, 0.717) is 0 Å². The summed E-state index contributed by atoms with van der Waals surface area (Å²) in [6, 6.07) is 4.32. The van der Waals surface area contributed by atoms with Crippen molar-refractivity contribution in [1.29, 1.82) is 0 Å². The molecule has 0 radical (unpaired) electrons. The van der Waals surface area contributed by atoms with Crippen molar-refractivity contribution in [2.24, 2.45) is 0 Å². The quantitative estimate of drug-likeness (QED) is 0.795. The highest BCUT2D eigenvalue weighted by molar-refractivity contribution is 5.42. The normalized spacial score (nSPS) is 15.1. The summed E-state index contributed by atoms with van der Waals surface area (Å²) in [6.07, 6.45) is 0. The number of benzene rings is 1. The van der Waals surface area contributed by atoms with E-state index in [1.165, 1.54) is 22.3 Å². The van der Waals surface area contributed by atoms with Gasteiger partial charge < -0.3 is 10.4 Å². The Kier molecular flexibility index (Phi) is 3.53. The molecule has 2 nitrogen and oxygen atoms in total. The lowest BCUT2D eigenvalue weighted by Crippen LogP contribution is -2.41. The average molecular weight is 207 g/mol. The van der Waals surface area contributed by atoms with Gasteiger partial charge in [0.15, 0.2) is 0 Å². The molecule has 1 atom stereocenters. The van der Waals surface area contributed by atoms with E-state index in [1.807, 2.05) is 14.0 Å². The Hall–Kier alpha value is -0.860. The van der Waals surface area contributed by atoms with E-state index in [2.05, 4.69) is 38.2 Å². The van der Waals surface area contributed by atoms with Gasteiger partial charge in [0.2, 0.25) is 0 Å². The number of hydrogen-bond acceptors (Lipinski definition) is 2. The van der Waals surface area contributed by atoms with Crippen molar-refractivity contribution in [3.8, 4) is 0 Å². The molecule has 0 heterocycles. The van der Waals surface area contributed by atoms with E-state index < -0.39 is 0 Å². The standard InChI is InChI=1S/C13H21NO/c1-9-6-10(2)12(11(3)7-9)13(4,8-15)14-5/h6-7,14-15H,8H2,1-5H3. The first-order chi connectivity index (χ1) is 6.94. The molecule has 0 spiro atoms. The predicted molar refractivity (Wildman–Crippen MR) is 64.2 cm³/mol. The number of aryl methyl sites for hydroxylation is 3. The van der Waals surface area contributed by atoms with Crippen LogP contribution in [0.15, 0.2) is 12.1 Å². The fraction of sp³-hybridized carbons (Fsp3) is 0.538.